The number of nitrogens with two attached hydrogens (primary N) is 1. The van der Waals surface area contributed by atoms with Crippen LogP contribution in [0, 0.1) is 11.8 Å². The lowest BCUT2D eigenvalue weighted by Crippen LogP contribution is -2.33. The highest BCUT2D eigenvalue weighted by molar-refractivity contribution is 4.69. The Morgan fingerprint density at radius 1 is 1.33 bits per heavy atom. The summed E-state index contributed by atoms with van der Waals surface area (Å²) in [5.41, 5.74) is 5.78. The van der Waals surface area contributed by atoms with E-state index in [9.17, 15) is 0 Å². The molecule has 0 aromatic carbocycles. The van der Waals surface area contributed by atoms with E-state index in [-0.39, 0.29) is 0 Å². The maximum absolute atomic E-state index is 5.78. The van der Waals surface area contributed by atoms with Crippen molar-refractivity contribution in [1.29, 1.82) is 0 Å². The van der Waals surface area contributed by atoms with Gasteiger partial charge in [0.1, 0.15) is 0 Å². The summed E-state index contributed by atoms with van der Waals surface area (Å²) in [5, 5.41) is 0. The van der Waals surface area contributed by atoms with Gasteiger partial charge in [0.2, 0.25) is 0 Å². The molecule has 3 heteroatoms. The molecule has 0 amide bonds. The van der Waals surface area contributed by atoms with Crippen molar-refractivity contribution in [3.05, 3.63) is 0 Å². The topological polar surface area (TPSA) is 38.5 Å². The lowest BCUT2D eigenvalue weighted by molar-refractivity contribution is 0.0403. The fourth-order valence-corrected chi connectivity index (χ4v) is 2.88. The second kappa shape index (κ2) is 8.89. The predicted octanol–water partition coefficient (Wildman–Crippen LogP) is 2.50. The number of hydrogen-bond donors (Lipinski definition) is 1. The third-order valence-corrected chi connectivity index (χ3v) is 3.80. The Balaban J connectivity index is 2.08. The van der Waals surface area contributed by atoms with Crippen LogP contribution in [0.3, 0.4) is 0 Å². The van der Waals surface area contributed by atoms with Crippen molar-refractivity contribution in [2.45, 2.75) is 52.0 Å². The predicted molar refractivity (Wildman–Crippen MR) is 77.7 cm³/mol. The first-order valence-electron chi connectivity index (χ1n) is 7.59. The molecule has 2 N–H and O–H groups in total. The van der Waals surface area contributed by atoms with Gasteiger partial charge in [0.15, 0.2) is 0 Å². The standard InChI is InChI=1S/C15H32N2O/c1-13(6-4-7-14(2)16)10-17(3)11-15-8-5-9-18-12-15/h13-15H,4-12,16H2,1-3H3. The van der Waals surface area contributed by atoms with Gasteiger partial charge in [-0.2, -0.15) is 0 Å². The van der Waals surface area contributed by atoms with E-state index in [0.717, 1.165) is 31.5 Å². The van der Waals surface area contributed by atoms with Crippen molar-refractivity contribution in [3.8, 4) is 0 Å². The molecule has 0 radical (unpaired) electrons. The molecule has 1 saturated heterocycles. The molecule has 0 aliphatic carbocycles. The Bertz CT molecular complexity index is 203. The van der Waals surface area contributed by atoms with Gasteiger partial charge >= 0.3 is 0 Å². The van der Waals surface area contributed by atoms with Crippen LogP contribution in [0.2, 0.25) is 0 Å². The van der Waals surface area contributed by atoms with Crippen molar-refractivity contribution in [2.75, 3.05) is 33.4 Å². The number of rotatable bonds is 8. The van der Waals surface area contributed by atoms with E-state index in [2.05, 4.69) is 25.8 Å². The normalized spacial score (nSPS) is 24.2. The van der Waals surface area contributed by atoms with Crippen LogP contribution in [0.25, 0.3) is 0 Å². The van der Waals surface area contributed by atoms with Gasteiger partial charge in [0.05, 0.1) is 6.61 Å². The highest BCUT2D eigenvalue weighted by atomic mass is 16.5. The molecule has 0 spiro atoms. The summed E-state index contributed by atoms with van der Waals surface area (Å²) in [7, 11) is 2.25. The molecule has 1 heterocycles. The fourth-order valence-electron chi connectivity index (χ4n) is 2.88. The van der Waals surface area contributed by atoms with Crippen LogP contribution in [0.4, 0.5) is 0 Å². The van der Waals surface area contributed by atoms with Crippen LogP contribution in [0.15, 0.2) is 0 Å². The lowest BCUT2D eigenvalue weighted by Gasteiger charge is -2.28. The summed E-state index contributed by atoms with van der Waals surface area (Å²) in [6, 6.07) is 0.356. The Labute approximate surface area is 113 Å². The van der Waals surface area contributed by atoms with Gasteiger partial charge in [-0.3, -0.25) is 0 Å². The van der Waals surface area contributed by atoms with E-state index in [0.29, 0.717) is 6.04 Å². The maximum atomic E-state index is 5.78. The molecule has 0 aromatic heterocycles. The highest BCUT2D eigenvalue weighted by Gasteiger charge is 2.16. The van der Waals surface area contributed by atoms with Crippen LogP contribution in [0.5, 0.6) is 0 Å². The Kier molecular flexibility index (Phi) is 7.87. The molecule has 1 aliphatic rings. The molecular formula is C15H32N2O. The van der Waals surface area contributed by atoms with Crippen LogP contribution in [-0.4, -0.2) is 44.3 Å². The molecule has 18 heavy (non-hydrogen) atoms. The van der Waals surface area contributed by atoms with Crippen molar-refractivity contribution < 1.29 is 4.74 Å². The third-order valence-electron chi connectivity index (χ3n) is 3.80. The highest BCUT2D eigenvalue weighted by Crippen LogP contribution is 2.16. The van der Waals surface area contributed by atoms with Gasteiger partial charge in [-0.25, -0.2) is 0 Å². The maximum Gasteiger partial charge on any atom is 0.0506 e. The summed E-state index contributed by atoms with van der Waals surface area (Å²) < 4.78 is 5.54. The van der Waals surface area contributed by atoms with E-state index < -0.39 is 0 Å². The minimum Gasteiger partial charge on any atom is -0.381 e. The third kappa shape index (κ3) is 7.34. The first kappa shape index (κ1) is 15.9. The summed E-state index contributed by atoms with van der Waals surface area (Å²) in [4.78, 5) is 2.48. The molecular weight excluding hydrogens is 224 g/mol. The minimum absolute atomic E-state index is 0.356. The first-order chi connectivity index (χ1) is 8.58. The molecule has 1 aliphatic heterocycles. The number of nitrogens with zero attached hydrogens (tertiary/aromatic N) is 1. The van der Waals surface area contributed by atoms with Crippen molar-refractivity contribution >= 4 is 0 Å². The quantitative estimate of drug-likeness (QED) is 0.725. The Morgan fingerprint density at radius 2 is 2.11 bits per heavy atom. The van der Waals surface area contributed by atoms with Crippen molar-refractivity contribution in [2.24, 2.45) is 17.6 Å². The fraction of sp³-hybridized carbons (Fsp3) is 1.00. The van der Waals surface area contributed by atoms with Crippen LogP contribution in [0.1, 0.15) is 46.0 Å². The zero-order valence-electron chi connectivity index (χ0n) is 12.5. The summed E-state index contributed by atoms with van der Waals surface area (Å²) in [6.07, 6.45) is 6.29. The number of ether oxygens (including phenoxy) is 1. The summed E-state index contributed by atoms with van der Waals surface area (Å²) in [5.74, 6) is 1.53. The zero-order valence-corrected chi connectivity index (χ0v) is 12.5. The minimum atomic E-state index is 0.356. The molecule has 108 valence electrons. The van der Waals surface area contributed by atoms with Crippen molar-refractivity contribution in [1.82, 2.24) is 4.90 Å². The van der Waals surface area contributed by atoms with Crippen LogP contribution in [-0.2, 0) is 4.74 Å². The van der Waals surface area contributed by atoms with Gasteiger partial charge in [0.25, 0.3) is 0 Å². The Morgan fingerprint density at radius 3 is 2.72 bits per heavy atom. The Hall–Kier alpha value is -0.120. The van der Waals surface area contributed by atoms with E-state index in [1.54, 1.807) is 0 Å². The van der Waals surface area contributed by atoms with Gasteiger partial charge in [-0.15, -0.1) is 0 Å². The summed E-state index contributed by atoms with van der Waals surface area (Å²) in [6.45, 7) is 8.78. The molecule has 3 atom stereocenters. The molecule has 1 rings (SSSR count). The molecule has 1 fully saturated rings. The van der Waals surface area contributed by atoms with Gasteiger partial charge in [-0.05, 0) is 51.5 Å². The van der Waals surface area contributed by atoms with E-state index in [4.69, 9.17) is 10.5 Å². The average Bonchev–Trinajstić information content (AvgIpc) is 2.29. The largest absolute Gasteiger partial charge is 0.381 e. The SMILES string of the molecule is CC(N)CCCC(C)CN(C)CC1CCCOC1. The zero-order chi connectivity index (χ0) is 13.4. The van der Waals surface area contributed by atoms with Crippen molar-refractivity contribution in [3.63, 3.8) is 0 Å². The molecule has 0 aromatic rings. The number of hydrogen-bond acceptors (Lipinski definition) is 3. The molecule has 0 bridgehead atoms. The molecule has 0 saturated carbocycles. The molecule has 3 nitrogen and oxygen atoms in total. The first-order valence-corrected chi connectivity index (χ1v) is 7.59. The van der Waals surface area contributed by atoms with Crippen LogP contribution >= 0.6 is 0 Å². The average molecular weight is 256 g/mol. The van der Waals surface area contributed by atoms with Gasteiger partial charge in [0, 0.05) is 25.7 Å². The van der Waals surface area contributed by atoms with Gasteiger partial charge < -0.3 is 15.4 Å². The van der Waals surface area contributed by atoms with E-state index in [1.807, 2.05) is 0 Å². The monoisotopic (exact) mass is 256 g/mol. The van der Waals surface area contributed by atoms with Gasteiger partial charge in [-0.1, -0.05) is 13.3 Å². The summed E-state index contributed by atoms with van der Waals surface area (Å²) >= 11 is 0. The van der Waals surface area contributed by atoms with Crippen LogP contribution < -0.4 is 5.73 Å². The van der Waals surface area contributed by atoms with E-state index in [1.165, 1.54) is 38.8 Å². The second-order valence-electron chi connectivity index (χ2n) is 6.32. The smallest absolute Gasteiger partial charge is 0.0506 e. The second-order valence-corrected chi connectivity index (χ2v) is 6.32. The van der Waals surface area contributed by atoms with E-state index >= 15 is 0 Å². The lowest BCUT2D eigenvalue weighted by atomic mass is 9.99. The molecule has 3 unspecified atom stereocenters.